The predicted molar refractivity (Wildman–Crippen MR) is 93.7 cm³/mol. The molecule has 0 radical (unpaired) electrons. The summed E-state index contributed by atoms with van der Waals surface area (Å²) in [6.07, 6.45) is 1.41. The fourth-order valence-electron chi connectivity index (χ4n) is 3.46. The molecular formula is C19H27N3O2. The fourth-order valence-corrected chi connectivity index (χ4v) is 3.46. The van der Waals surface area contributed by atoms with E-state index in [4.69, 9.17) is 0 Å². The Morgan fingerprint density at radius 2 is 1.62 bits per heavy atom. The summed E-state index contributed by atoms with van der Waals surface area (Å²) in [5, 5.41) is 0. The molecule has 24 heavy (non-hydrogen) atoms. The van der Waals surface area contributed by atoms with Crippen molar-refractivity contribution in [3.05, 3.63) is 35.4 Å². The predicted octanol–water partition coefficient (Wildman–Crippen LogP) is 1.30. The van der Waals surface area contributed by atoms with Crippen LogP contribution >= 0.6 is 0 Å². The van der Waals surface area contributed by atoms with Crippen molar-refractivity contribution in [2.24, 2.45) is 0 Å². The molecule has 3 rings (SSSR count). The lowest BCUT2D eigenvalue weighted by atomic mass is 10.0. The molecule has 0 bridgehead atoms. The molecule has 0 aliphatic carbocycles. The third-order valence-corrected chi connectivity index (χ3v) is 5.24. The first-order valence-corrected chi connectivity index (χ1v) is 8.86. The van der Waals surface area contributed by atoms with E-state index in [0.29, 0.717) is 12.5 Å². The van der Waals surface area contributed by atoms with Gasteiger partial charge in [-0.25, -0.2) is 0 Å². The van der Waals surface area contributed by atoms with Crippen LogP contribution < -0.4 is 0 Å². The number of aryl methyl sites for hydroxylation is 2. The molecule has 2 saturated heterocycles. The zero-order chi connectivity index (χ0) is 17.1. The van der Waals surface area contributed by atoms with Gasteiger partial charge in [-0.15, -0.1) is 0 Å². The summed E-state index contributed by atoms with van der Waals surface area (Å²) in [4.78, 5) is 29.9. The summed E-state index contributed by atoms with van der Waals surface area (Å²) >= 11 is 0. The highest BCUT2D eigenvalue weighted by atomic mass is 16.2. The highest BCUT2D eigenvalue weighted by Gasteiger charge is 2.35. The zero-order valence-corrected chi connectivity index (χ0v) is 14.7. The first-order chi connectivity index (χ1) is 11.5. The first-order valence-electron chi connectivity index (χ1n) is 8.86. The van der Waals surface area contributed by atoms with E-state index in [9.17, 15) is 9.59 Å². The minimum Gasteiger partial charge on any atom is -0.340 e. The van der Waals surface area contributed by atoms with Crippen LogP contribution in [0.5, 0.6) is 0 Å². The molecule has 5 nitrogen and oxygen atoms in total. The van der Waals surface area contributed by atoms with Gasteiger partial charge in [0.25, 0.3) is 0 Å². The highest BCUT2D eigenvalue weighted by molar-refractivity contribution is 5.77. The van der Waals surface area contributed by atoms with Crippen molar-refractivity contribution in [1.29, 1.82) is 0 Å². The Bertz CT molecular complexity index is 585. The largest absolute Gasteiger partial charge is 0.340 e. The number of nitrogens with zero attached hydrogens (tertiary/aromatic N) is 3. The van der Waals surface area contributed by atoms with Gasteiger partial charge in [-0.2, -0.15) is 0 Å². The van der Waals surface area contributed by atoms with Crippen LogP contribution in [0, 0.1) is 6.92 Å². The van der Waals surface area contributed by atoms with Crippen LogP contribution in [0.2, 0.25) is 0 Å². The lowest BCUT2D eigenvalue weighted by Crippen LogP contribution is -2.64. The van der Waals surface area contributed by atoms with Gasteiger partial charge in [-0.3, -0.25) is 14.5 Å². The molecule has 1 aromatic rings. The van der Waals surface area contributed by atoms with Crippen LogP contribution in [0.4, 0.5) is 0 Å². The molecule has 0 N–H and O–H groups in total. The monoisotopic (exact) mass is 329 g/mol. The summed E-state index contributed by atoms with van der Waals surface area (Å²) in [7, 11) is 0. The van der Waals surface area contributed by atoms with E-state index in [0.717, 1.165) is 45.7 Å². The van der Waals surface area contributed by atoms with Gasteiger partial charge in [0.1, 0.15) is 0 Å². The number of piperazine rings is 1. The van der Waals surface area contributed by atoms with E-state index >= 15 is 0 Å². The van der Waals surface area contributed by atoms with Crippen molar-refractivity contribution < 1.29 is 9.59 Å². The van der Waals surface area contributed by atoms with E-state index in [1.807, 2.05) is 9.80 Å². The normalized spacial score (nSPS) is 19.2. The van der Waals surface area contributed by atoms with Crippen LogP contribution in [0.15, 0.2) is 24.3 Å². The number of amides is 2. The molecule has 0 unspecified atom stereocenters. The topological polar surface area (TPSA) is 43.9 Å². The molecule has 130 valence electrons. The summed E-state index contributed by atoms with van der Waals surface area (Å²) in [6, 6.07) is 8.88. The van der Waals surface area contributed by atoms with E-state index in [1.54, 1.807) is 6.92 Å². The SMILES string of the molecule is CC(=O)N1CCN(C2CN(C(=O)CCc3ccc(C)cc3)C2)CC1. The van der Waals surface area contributed by atoms with Gasteiger partial charge in [0.05, 0.1) is 0 Å². The maximum Gasteiger partial charge on any atom is 0.223 e. The van der Waals surface area contributed by atoms with Gasteiger partial charge in [0.2, 0.25) is 11.8 Å². The third kappa shape index (κ3) is 3.96. The average molecular weight is 329 g/mol. The average Bonchev–Trinajstić information content (AvgIpc) is 2.53. The molecule has 0 spiro atoms. The molecule has 0 atom stereocenters. The van der Waals surface area contributed by atoms with Gasteiger partial charge >= 0.3 is 0 Å². The van der Waals surface area contributed by atoms with Crippen molar-refractivity contribution in [1.82, 2.24) is 14.7 Å². The summed E-state index contributed by atoms with van der Waals surface area (Å²) in [5.74, 6) is 0.422. The van der Waals surface area contributed by atoms with Crippen LogP contribution in [-0.2, 0) is 16.0 Å². The molecule has 2 heterocycles. The standard InChI is InChI=1S/C19H27N3O2/c1-15-3-5-17(6-4-15)7-8-19(24)22-13-18(14-22)21-11-9-20(10-12-21)16(2)23/h3-6,18H,7-14H2,1-2H3. The Morgan fingerprint density at radius 1 is 1.00 bits per heavy atom. The van der Waals surface area contributed by atoms with E-state index in [2.05, 4.69) is 36.1 Å². The number of carbonyl (C=O) groups excluding carboxylic acids is 2. The third-order valence-electron chi connectivity index (χ3n) is 5.24. The summed E-state index contributed by atoms with van der Waals surface area (Å²) in [6.45, 7) is 8.87. The molecule has 0 saturated carbocycles. The maximum atomic E-state index is 12.3. The Balaban J connectivity index is 1.38. The molecule has 2 amide bonds. The molecule has 2 aliphatic rings. The maximum absolute atomic E-state index is 12.3. The Hall–Kier alpha value is -1.88. The lowest BCUT2D eigenvalue weighted by Gasteiger charge is -2.48. The number of benzene rings is 1. The lowest BCUT2D eigenvalue weighted by molar-refractivity contribution is -0.140. The molecule has 5 heteroatoms. The molecule has 1 aromatic carbocycles. The Kier molecular flexibility index (Phi) is 5.19. The van der Waals surface area contributed by atoms with E-state index in [-0.39, 0.29) is 11.8 Å². The van der Waals surface area contributed by atoms with Gasteiger partial charge in [-0.1, -0.05) is 29.8 Å². The number of likely N-dealkylation sites (tertiary alicyclic amines) is 1. The van der Waals surface area contributed by atoms with Crippen LogP contribution in [0.25, 0.3) is 0 Å². The molecular weight excluding hydrogens is 302 g/mol. The molecule has 0 aromatic heterocycles. The van der Waals surface area contributed by atoms with Crippen LogP contribution in [0.3, 0.4) is 0 Å². The van der Waals surface area contributed by atoms with Crippen molar-refractivity contribution in [3.63, 3.8) is 0 Å². The Labute approximate surface area is 144 Å². The number of rotatable bonds is 4. The van der Waals surface area contributed by atoms with E-state index in [1.165, 1.54) is 11.1 Å². The van der Waals surface area contributed by atoms with Gasteiger partial charge in [0, 0.05) is 58.7 Å². The van der Waals surface area contributed by atoms with Crippen molar-refractivity contribution in [2.75, 3.05) is 39.3 Å². The van der Waals surface area contributed by atoms with Crippen molar-refractivity contribution in [3.8, 4) is 0 Å². The second-order valence-electron chi connectivity index (χ2n) is 6.98. The quantitative estimate of drug-likeness (QED) is 0.836. The molecule has 2 fully saturated rings. The van der Waals surface area contributed by atoms with Gasteiger partial charge in [0.15, 0.2) is 0 Å². The zero-order valence-electron chi connectivity index (χ0n) is 14.7. The number of hydrogen-bond acceptors (Lipinski definition) is 3. The smallest absolute Gasteiger partial charge is 0.223 e. The minimum absolute atomic E-state index is 0.163. The van der Waals surface area contributed by atoms with E-state index < -0.39 is 0 Å². The van der Waals surface area contributed by atoms with Gasteiger partial charge in [-0.05, 0) is 18.9 Å². The van der Waals surface area contributed by atoms with Crippen molar-refractivity contribution in [2.45, 2.75) is 32.7 Å². The van der Waals surface area contributed by atoms with Gasteiger partial charge < -0.3 is 9.80 Å². The highest BCUT2D eigenvalue weighted by Crippen LogP contribution is 2.18. The van der Waals surface area contributed by atoms with Crippen molar-refractivity contribution >= 4 is 11.8 Å². The van der Waals surface area contributed by atoms with Crippen LogP contribution in [0.1, 0.15) is 24.5 Å². The second kappa shape index (κ2) is 7.34. The number of hydrogen-bond donors (Lipinski definition) is 0. The summed E-state index contributed by atoms with van der Waals surface area (Å²) < 4.78 is 0. The molecule has 2 aliphatic heterocycles. The van der Waals surface area contributed by atoms with Crippen LogP contribution in [-0.4, -0.2) is 71.8 Å². The number of carbonyl (C=O) groups is 2. The second-order valence-corrected chi connectivity index (χ2v) is 6.98. The minimum atomic E-state index is 0.163. The summed E-state index contributed by atoms with van der Waals surface area (Å²) in [5.41, 5.74) is 2.48. The fraction of sp³-hybridized carbons (Fsp3) is 0.579. The first kappa shape index (κ1) is 17.0. The Morgan fingerprint density at radius 3 is 2.21 bits per heavy atom.